The van der Waals surface area contributed by atoms with E-state index in [1.54, 1.807) is 51.7 Å². The zero-order valence-corrected chi connectivity index (χ0v) is 22.4. The molecule has 5 rings (SSSR count). The van der Waals surface area contributed by atoms with Crippen LogP contribution in [0.25, 0.3) is 22.3 Å². The van der Waals surface area contributed by atoms with Crippen LogP contribution in [0.2, 0.25) is 0 Å². The van der Waals surface area contributed by atoms with Crippen LogP contribution in [0.4, 0.5) is 0 Å². The summed E-state index contributed by atoms with van der Waals surface area (Å²) in [6.45, 7) is 6.50. The van der Waals surface area contributed by atoms with Crippen molar-refractivity contribution in [3.63, 3.8) is 0 Å². The Balaban J connectivity index is 0.000000412. The van der Waals surface area contributed by atoms with E-state index < -0.39 is 0 Å². The first-order valence-corrected chi connectivity index (χ1v) is 12.8. The maximum atomic E-state index is 13.4. The van der Waals surface area contributed by atoms with Crippen molar-refractivity contribution in [1.29, 1.82) is 0 Å². The molecule has 37 heavy (non-hydrogen) atoms. The van der Waals surface area contributed by atoms with Gasteiger partial charge in [-0.05, 0) is 86.6 Å². The van der Waals surface area contributed by atoms with E-state index in [2.05, 4.69) is 5.32 Å². The summed E-state index contributed by atoms with van der Waals surface area (Å²) in [6, 6.07) is 19.9. The SMILES string of the molecule is C1CCNCC1.CC.COc1ccc(C(=O)c2c(-c3ccc(OC)cc3)oc3cc(OC)ccc23)cc1. The van der Waals surface area contributed by atoms with Gasteiger partial charge in [0.2, 0.25) is 0 Å². The van der Waals surface area contributed by atoms with Gasteiger partial charge in [-0.15, -0.1) is 0 Å². The van der Waals surface area contributed by atoms with Crippen molar-refractivity contribution in [2.24, 2.45) is 0 Å². The first-order chi connectivity index (χ1) is 18.1. The molecule has 0 bridgehead atoms. The van der Waals surface area contributed by atoms with Crippen LogP contribution in [-0.4, -0.2) is 40.2 Å². The molecule has 1 aliphatic heterocycles. The van der Waals surface area contributed by atoms with Gasteiger partial charge in [-0.2, -0.15) is 0 Å². The number of hydrogen-bond acceptors (Lipinski definition) is 6. The lowest BCUT2D eigenvalue weighted by Gasteiger charge is -2.08. The van der Waals surface area contributed by atoms with E-state index in [1.165, 1.54) is 32.4 Å². The van der Waals surface area contributed by atoms with E-state index in [-0.39, 0.29) is 5.78 Å². The lowest BCUT2D eigenvalue weighted by Crippen LogP contribution is -2.21. The smallest absolute Gasteiger partial charge is 0.197 e. The maximum absolute atomic E-state index is 13.4. The quantitative estimate of drug-likeness (QED) is 0.282. The van der Waals surface area contributed by atoms with Gasteiger partial charge in [-0.25, -0.2) is 0 Å². The number of benzene rings is 3. The zero-order valence-electron chi connectivity index (χ0n) is 22.4. The van der Waals surface area contributed by atoms with Crippen LogP contribution in [0.1, 0.15) is 49.0 Å². The Morgan fingerprint density at radius 3 is 1.76 bits per heavy atom. The number of ether oxygens (including phenoxy) is 3. The van der Waals surface area contributed by atoms with Gasteiger partial charge >= 0.3 is 0 Å². The molecule has 1 aromatic heterocycles. The molecule has 6 nitrogen and oxygen atoms in total. The van der Waals surface area contributed by atoms with Gasteiger partial charge in [0.1, 0.15) is 28.6 Å². The van der Waals surface area contributed by atoms with Crippen LogP contribution in [0.15, 0.2) is 71.1 Å². The monoisotopic (exact) mass is 503 g/mol. The molecule has 1 fully saturated rings. The number of carbonyl (C=O) groups is 1. The third kappa shape index (κ3) is 6.92. The summed E-state index contributed by atoms with van der Waals surface area (Å²) in [7, 11) is 4.80. The summed E-state index contributed by atoms with van der Waals surface area (Å²) in [5.41, 5.74) is 2.45. The van der Waals surface area contributed by atoms with Crippen molar-refractivity contribution in [3.05, 3.63) is 77.9 Å². The number of fused-ring (bicyclic) bond motifs is 1. The first-order valence-electron chi connectivity index (χ1n) is 12.8. The van der Waals surface area contributed by atoms with Crippen molar-refractivity contribution >= 4 is 16.8 Å². The molecule has 6 heteroatoms. The highest BCUT2D eigenvalue weighted by atomic mass is 16.5. The van der Waals surface area contributed by atoms with E-state index in [0.717, 1.165) is 16.7 Å². The molecule has 0 unspecified atom stereocenters. The summed E-state index contributed by atoms with van der Waals surface area (Å²) in [5, 5.41) is 4.02. The highest BCUT2D eigenvalue weighted by Crippen LogP contribution is 2.37. The molecule has 0 saturated carbocycles. The second kappa shape index (κ2) is 14.1. The standard InChI is InChI=1S/C24H20O5.C5H11N.C2H6/c1-26-17-8-4-15(5-9-17)23(25)22-20-13-12-19(28-3)14-21(20)29-24(22)16-6-10-18(27-2)11-7-16;1-2-4-6-5-3-1;1-2/h4-14H,1-3H3;6H,1-5H2;1-2H3. The van der Waals surface area contributed by atoms with E-state index in [1.807, 2.05) is 50.2 Å². The lowest BCUT2D eigenvalue weighted by atomic mass is 9.97. The third-order valence-electron chi connectivity index (χ3n) is 6.04. The predicted octanol–water partition coefficient (Wildman–Crippen LogP) is 7.14. The summed E-state index contributed by atoms with van der Waals surface area (Å²) in [6.07, 6.45) is 4.22. The molecule has 4 aromatic rings. The van der Waals surface area contributed by atoms with Crippen LogP contribution >= 0.6 is 0 Å². The van der Waals surface area contributed by atoms with Crippen molar-refractivity contribution < 1.29 is 23.4 Å². The fourth-order valence-corrected chi connectivity index (χ4v) is 4.06. The molecule has 2 heterocycles. The largest absolute Gasteiger partial charge is 0.497 e. The van der Waals surface area contributed by atoms with Crippen molar-refractivity contribution in [2.45, 2.75) is 33.1 Å². The molecule has 0 aliphatic carbocycles. The second-order valence-electron chi connectivity index (χ2n) is 8.27. The van der Waals surface area contributed by atoms with Crippen LogP contribution in [0.3, 0.4) is 0 Å². The minimum Gasteiger partial charge on any atom is -0.497 e. The van der Waals surface area contributed by atoms with Crippen LogP contribution in [0.5, 0.6) is 17.2 Å². The molecule has 0 spiro atoms. The minimum absolute atomic E-state index is 0.123. The van der Waals surface area contributed by atoms with Gasteiger partial charge in [0.15, 0.2) is 5.78 Å². The summed E-state index contributed by atoms with van der Waals surface area (Å²) < 4.78 is 21.9. The predicted molar refractivity (Wildman–Crippen MR) is 149 cm³/mol. The van der Waals surface area contributed by atoms with Gasteiger partial charge in [-0.3, -0.25) is 4.79 Å². The Morgan fingerprint density at radius 1 is 0.730 bits per heavy atom. The third-order valence-corrected chi connectivity index (χ3v) is 6.04. The average molecular weight is 504 g/mol. The molecule has 1 aliphatic rings. The highest BCUT2D eigenvalue weighted by Gasteiger charge is 2.23. The highest BCUT2D eigenvalue weighted by molar-refractivity contribution is 6.19. The number of carbonyl (C=O) groups excluding carboxylic acids is 1. The van der Waals surface area contributed by atoms with Crippen LogP contribution in [0, 0.1) is 0 Å². The van der Waals surface area contributed by atoms with Crippen LogP contribution in [-0.2, 0) is 0 Å². The Labute approximate surface area is 219 Å². The number of ketones is 1. The Kier molecular flexibility index (Phi) is 10.6. The van der Waals surface area contributed by atoms with E-state index in [4.69, 9.17) is 18.6 Å². The Morgan fingerprint density at radius 2 is 1.27 bits per heavy atom. The molecule has 3 aromatic carbocycles. The van der Waals surface area contributed by atoms with Gasteiger partial charge in [-0.1, -0.05) is 20.3 Å². The van der Waals surface area contributed by atoms with Gasteiger partial charge < -0.3 is 23.9 Å². The molecular formula is C31H37NO5. The number of furan rings is 1. The molecule has 196 valence electrons. The van der Waals surface area contributed by atoms with Crippen molar-refractivity contribution in [3.8, 4) is 28.6 Å². The van der Waals surface area contributed by atoms with Gasteiger partial charge in [0, 0.05) is 22.6 Å². The minimum atomic E-state index is -0.123. The van der Waals surface area contributed by atoms with E-state index in [0.29, 0.717) is 34.0 Å². The topological polar surface area (TPSA) is 69.9 Å². The molecular weight excluding hydrogens is 466 g/mol. The summed E-state index contributed by atoms with van der Waals surface area (Å²) in [5.74, 6) is 2.48. The zero-order chi connectivity index (χ0) is 26.6. The summed E-state index contributed by atoms with van der Waals surface area (Å²) >= 11 is 0. The van der Waals surface area contributed by atoms with Gasteiger partial charge in [0.05, 0.1) is 26.9 Å². The molecule has 0 atom stereocenters. The Bertz CT molecular complexity index is 1240. The number of rotatable bonds is 6. The number of nitrogens with one attached hydrogen (secondary N) is 1. The average Bonchev–Trinajstić information content (AvgIpc) is 3.37. The normalized spacial score (nSPS) is 12.5. The van der Waals surface area contributed by atoms with E-state index >= 15 is 0 Å². The van der Waals surface area contributed by atoms with Crippen molar-refractivity contribution in [2.75, 3.05) is 34.4 Å². The molecule has 1 N–H and O–H groups in total. The lowest BCUT2D eigenvalue weighted by molar-refractivity contribution is 0.104. The van der Waals surface area contributed by atoms with Gasteiger partial charge in [0.25, 0.3) is 0 Å². The number of hydrogen-bond donors (Lipinski definition) is 1. The summed E-state index contributed by atoms with van der Waals surface area (Å²) in [4.78, 5) is 13.4. The Hall–Kier alpha value is -3.77. The molecule has 0 amide bonds. The van der Waals surface area contributed by atoms with Crippen molar-refractivity contribution in [1.82, 2.24) is 5.32 Å². The molecule has 0 radical (unpaired) electrons. The maximum Gasteiger partial charge on any atom is 0.197 e. The number of piperidine rings is 1. The first kappa shape index (κ1) is 27.8. The van der Waals surface area contributed by atoms with Crippen LogP contribution < -0.4 is 19.5 Å². The fourth-order valence-electron chi connectivity index (χ4n) is 4.06. The fraction of sp³-hybridized carbons (Fsp3) is 0.323. The number of methoxy groups -OCH3 is 3. The van der Waals surface area contributed by atoms with E-state index in [9.17, 15) is 4.79 Å². The second-order valence-corrected chi connectivity index (χ2v) is 8.27. The molecule has 1 saturated heterocycles.